The fourth-order valence-electron chi connectivity index (χ4n) is 1.45. The number of aliphatic hydroxyl groups excluding tert-OH is 1. The van der Waals surface area contributed by atoms with Crippen molar-refractivity contribution in [1.82, 2.24) is 0 Å². The predicted octanol–water partition coefficient (Wildman–Crippen LogP) is 3.15. The van der Waals surface area contributed by atoms with Crippen LogP contribution in [0.25, 0.3) is 0 Å². The molecule has 0 bridgehead atoms. The van der Waals surface area contributed by atoms with Gasteiger partial charge in [-0.1, -0.05) is 19.1 Å². The molecule has 0 heterocycles. The van der Waals surface area contributed by atoms with Gasteiger partial charge >= 0.3 is 6.18 Å². The minimum atomic E-state index is -4.78. The van der Waals surface area contributed by atoms with E-state index < -0.39 is 24.0 Å². The second-order valence-electron chi connectivity index (χ2n) is 3.87. The zero-order valence-corrected chi connectivity index (χ0v) is 10.7. The number of benzene rings is 1. The van der Waals surface area contributed by atoms with E-state index in [1.807, 2.05) is 6.26 Å². The van der Waals surface area contributed by atoms with Crippen LogP contribution in [-0.2, 0) is 0 Å². The highest BCUT2D eigenvalue weighted by atomic mass is 32.2. The van der Waals surface area contributed by atoms with Gasteiger partial charge in [0.25, 0.3) is 0 Å². The zero-order valence-electron chi connectivity index (χ0n) is 9.86. The van der Waals surface area contributed by atoms with Crippen LogP contribution in [0.3, 0.4) is 0 Å². The lowest BCUT2D eigenvalue weighted by Gasteiger charge is -2.20. The second kappa shape index (κ2) is 5.75. The van der Waals surface area contributed by atoms with Gasteiger partial charge in [-0.15, -0.1) is 11.8 Å². The summed E-state index contributed by atoms with van der Waals surface area (Å²) in [5.41, 5.74) is 0.170. The summed E-state index contributed by atoms with van der Waals surface area (Å²) >= 11 is 1.47. The third-order valence-corrected chi connectivity index (χ3v) is 3.34. The van der Waals surface area contributed by atoms with Crippen molar-refractivity contribution in [3.8, 4) is 0 Å². The van der Waals surface area contributed by atoms with E-state index in [0.29, 0.717) is 0 Å². The molecule has 0 spiro atoms. The Kier molecular flexibility index (Phi) is 4.81. The van der Waals surface area contributed by atoms with Crippen LogP contribution in [0.4, 0.5) is 13.2 Å². The average Bonchev–Trinajstić information content (AvgIpc) is 2.35. The normalized spacial score (nSPS) is 15.2. The number of thioether (sulfide) groups is 1. The maximum atomic E-state index is 12.3. The van der Waals surface area contributed by atoms with E-state index in [2.05, 4.69) is 0 Å². The first kappa shape index (κ1) is 15.0. The molecule has 0 unspecified atom stereocenters. The fraction of sp³-hybridized carbons (Fsp3) is 0.417. The van der Waals surface area contributed by atoms with Crippen LogP contribution in [0.2, 0.25) is 0 Å². The molecule has 2 atom stereocenters. The summed E-state index contributed by atoms with van der Waals surface area (Å²) in [6, 6.07) is 6.25. The van der Waals surface area contributed by atoms with Crippen molar-refractivity contribution >= 4 is 17.5 Å². The zero-order chi connectivity index (χ0) is 13.9. The average molecular weight is 278 g/mol. The van der Waals surface area contributed by atoms with E-state index in [0.717, 1.165) is 11.8 Å². The van der Waals surface area contributed by atoms with Crippen LogP contribution in [0, 0.1) is 5.92 Å². The van der Waals surface area contributed by atoms with Crippen LogP contribution >= 0.6 is 11.8 Å². The molecule has 1 aromatic carbocycles. The number of rotatable bonds is 4. The minimum Gasteiger partial charge on any atom is -0.383 e. The number of alkyl halides is 3. The molecular formula is C12H13F3O2S. The Balaban J connectivity index is 2.86. The van der Waals surface area contributed by atoms with Gasteiger partial charge in [-0.2, -0.15) is 13.2 Å². The summed E-state index contributed by atoms with van der Waals surface area (Å²) < 4.78 is 36.9. The molecule has 0 aromatic heterocycles. The number of hydrogen-bond acceptors (Lipinski definition) is 3. The van der Waals surface area contributed by atoms with E-state index in [1.165, 1.54) is 23.9 Å². The van der Waals surface area contributed by atoms with Crippen LogP contribution in [0.5, 0.6) is 0 Å². The van der Waals surface area contributed by atoms with Gasteiger partial charge in [0.1, 0.15) is 0 Å². The maximum Gasteiger partial charge on any atom is 0.415 e. The maximum absolute atomic E-state index is 12.3. The van der Waals surface area contributed by atoms with E-state index in [9.17, 15) is 18.0 Å². The van der Waals surface area contributed by atoms with Crippen molar-refractivity contribution in [2.24, 2.45) is 5.92 Å². The number of halogens is 3. The van der Waals surface area contributed by atoms with E-state index >= 15 is 0 Å². The molecule has 6 heteroatoms. The Morgan fingerprint density at radius 2 is 1.78 bits per heavy atom. The largest absolute Gasteiger partial charge is 0.415 e. The van der Waals surface area contributed by atoms with Gasteiger partial charge in [0, 0.05) is 10.5 Å². The second-order valence-corrected chi connectivity index (χ2v) is 4.75. The lowest BCUT2D eigenvalue weighted by atomic mass is 9.94. The fourth-order valence-corrected chi connectivity index (χ4v) is 1.85. The molecule has 0 amide bonds. The highest BCUT2D eigenvalue weighted by molar-refractivity contribution is 7.98. The van der Waals surface area contributed by atoms with E-state index in [4.69, 9.17) is 5.11 Å². The number of carbonyl (C=O) groups excluding carboxylic acids is 1. The van der Waals surface area contributed by atoms with Gasteiger partial charge in [-0.25, -0.2) is 0 Å². The van der Waals surface area contributed by atoms with Gasteiger partial charge in [-0.3, -0.25) is 4.79 Å². The molecule has 1 N–H and O–H groups in total. The summed E-state index contributed by atoms with van der Waals surface area (Å²) in [4.78, 5) is 12.7. The monoisotopic (exact) mass is 278 g/mol. The topological polar surface area (TPSA) is 37.3 Å². The van der Waals surface area contributed by atoms with E-state index in [1.54, 1.807) is 12.1 Å². The molecule has 0 aliphatic heterocycles. The predicted molar refractivity (Wildman–Crippen MR) is 63.8 cm³/mol. The number of carbonyl (C=O) groups is 1. The Hall–Kier alpha value is -1.01. The van der Waals surface area contributed by atoms with Crippen LogP contribution < -0.4 is 0 Å². The summed E-state index contributed by atoms with van der Waals surface area (Å²) in [6.07, 6.45) is -5.56. The molecule has 1 aromatic rings. The van der Waals surface area contributed by atoms with Gasteiger partial charge in [0.05, 0.1) is 5.92 Å². The Bertz CT molecular complexity index is 414. The van der Waals surface area contributed by atoms with Crippen molar-refractivity contribution in [1.29, 1.82) is 0 Å². The van der Waals surface area contributed by atoms with Gasteiger partial charge in [0.15, 0.2) is 11.9 Å². The lowest BCUT2D eigenvalue weighted by Crippen LogP contribution is -2.38. The molecule has 0 saturated heterocycles. The molecule has 2 nitrogen and oxygen atoms in total. The quantitative estimate of drug-likeness (QED) is 0.679. The smallest absolute Gasteiger partial charge is 0.383 e. The minimum absolute atomic E-state index is 0.170. The first-order chi connectivity index (χ1) is 8.27. The highest BCUT2D eigenvalue weighted by Gasteiger charge is 2.44. The van der Waals surface area contributed by atoms with Crippen LogP contribution in [0.15, 0.2) is 29.2 Å². The number of ketones is 1. The molecule has 0 aliphatic carbocycles. The summed E-state index contributed by atoms with van der Waals surface area (Å²) in [6.45, 7) is 1.07. The number of hydrogen-bond donors (Lipinski definition) is 1. The molecule has 0 fully saturated rings. The Labute approximate surface area is 107 Å². The number of aliphatic hydroxyl groups is 1. The van der Waals surface area contributed by atoms with Gasteiger partial charge in [0.2, 0.25) is 0 Å². The van der Waals surface area contributed by atoms with Crippen molar-refractivity contribution in [2.45, 2.75) is 24.1 Å². The van der Waals surface area contributed by atoms with Gasteiger partial charge < -0.3 is 5.11 Å². The van der Waals surface area contributed by atoms with Crippen molar-refractivity contribution < 1.29 is 23.1 Å². The SMILES string of the molecule is CSc1ccc(C(=O)[C@H](C)[C@@H](O)C(F)(F)F)cc1. The molecule has 0 saturated carbocycles. The van der Waals surface area contributed by atoms with Crippen molar-refractivity contribution in [2.75, 3.05) is 6.26 Å². The van der Waals surface area contributed by atoms with E-state index in [-0.39, 0.29) is 5.56 Å². The first-order valence-corrected chi connectivity index (χ1v) is 6.43. The van der Waals surface area contributed by atoms with Crippen LogP contribution in [0.1, 0.15) is 17.3 Å². The highest BCUT2D eigenvalue weighted by Crippen LogP contribution is 2.27. The molecule has 100 valence electrons. The first-order valence-electron chi connectivity index (χ1n) is 5.20. The van der Waals surface area contributed by atoms with Gasteiger partial charge in [-0.05, 0) is 18.4 Å². The van der Waals surface area contributed by atoms with Crippen molar-refractivity contribution in [3.05, 3.63) is 29.8 Å². The molecular weight excluding hydrogens is 265 g/mol. The molecule has 0 radical (unpaired) electrons. The Morgan fingerprint density at radius 1 is 1.28 bits per heavy atom. The third kappa shape index (κ3) is 3.49. The Morgan fingerprint density at radius 3 is 2.17 bits per heavy atom. The molecule has 1 rings (SSSR count). The summed E-state index contributed by atoms with van der Waals surface area (Å²) in [5, 5.41) is 9.04. The third-order valence-electron chi connectivity index (χ3n) is 2.60. The van der Waals surface area contributed by atoms with Crippen LogP contribution in [-0.4, -0.2) is 29.4 Å². The number of Topliss-reactive ketones (excluding diaryl/α,β-unsaturated/α-hetero) is 1. The lowest BCUT2D eigenvalue weighted by molar-refractivity contribution is -0.212. The summed E-state index contributed by atoms with van der Waals surface area (Å²) in [5.74, 6) is -2.22. The molecule has 0 aliphatic rings. The summed E-state index contributed by atoms with van der Waals surface area (Å²) in [7, 11) is 0. The standard InChI is InChI=1S/C12H13F3O2S/c1-7(11(17)12(13,14)15)10(16)8-3-5-9(18-2)6-4-8/h3-7,11,17H,1-2H3/t7-,11+/m0/s1. The van der Waals surface area contributed by atoms with Crippen molar-refractivity contribution in [3.63, 3.8) is 0 Å². The molecule has 18 heavy (non-hydrogen) atoms.